The van der Waals surface area contributed by atoms with Crippen LogP contribution in [0.3, 0.4) is 0 Å². The van der Waals surface area contributed by atoms with Gasteiger partial charge in [-0.05, 0) is 81.0 Å². The fourth-order valence-electron chi connectivity index (χ4n) is 6.71. The normalized spacial score (nSPS) is 22.5. The number of hydrogen-bond donors (Lipinski definition) is 3. The molecule has 2 heterocycles. The molecular weight excluding hydrogens is 535 g/mol. The Balaban J connectivity index is 1.53. The highest BCUT2D eigenvalue weighted by atomic mass is 19.1. The number of benzene rings is 2. The molecule has 0 saturated carbocycles. The van der Waals surface area contributed by atoms with Crippen molar-refractivity contribution >= 4 is 23.4 Å². The molecule has 2 aromatic carbocycles. The number of nitrogens with zero attached hydrogens (tertiary/aromatic N) is 2. The number of hydrogen-bond acceptors (Lipinski definition) is 5. The van der Waals surface area contributed by atoms with Gasteiger partial charge in [0, 0.05) is 30.4 Å². The minimum absolute atomic E-state index is 0.0545. The summed E-state index contributed by atoms with van der Waals surface area (Å²) < 4.78 is 16.1. The molecule has 0 bridgehead atoms. The van der Waals surface area contributed by atoms with E-state index in [9.17, 15) is 19.5 Å². The summed E-state index contributed by atoms with van der Waals surface area (Å²) in [5.74, 6) is -1.88. The summed E-state index contributed by atoms with van der Waals surface area (Å²) in [7, 11) is 0. The van der Waals surface area contributed by atoms with E-state index in [-0.39, 0.29) is 41.4 Å². The minimum Gasteiger partial charge on any atom is -0.393 e. The van der Waals surface area contributed by atoms with Crippen LogP contribution in [0.25, 0.3) is 0 Å². The maximum Gasteiger partial charge on any atom is 0.247 e. The van der Waals surface area contributed by atoms with Crippen molar-refractivity contribution in [3.05, 3.63) is 65.0 Å². The predicted molar refractivity (Wildman–Crippen MR) is 159 cm³/mol. The standard InChI is InChI=1S/C33H43FN4O4/c1-19(2)15-28-31(40)36-29(23-16-21-7-5-6-8-22(21)17-23)33(42)38(28)30(32(41)35-20(3)4)26-10-9-24(18-27(26)34)37-13-11-25(39)12-14-37/h5-10,18-20,23,25,28-30,39H,11-17H2,1-4H3,(H,35,41)(H,36,40)/t28-,29-,30-/m1/s1. The average Bonchev–Trinajstić information content (AvgIpc) is 3.37. The van der Waals surface area contributed by atoms with Gasteiger partial charge in [0.15, 0.2) is 0 Å². The lowest BCUT2D eigenvalue weighted by atomic mass is 9.87. The fraction of sp³-hybridized carbons (Fsp3) is 0.545. The zero-order valence-electron chi connectivity index (χ0n) is 25.0. The van der Waals surface area contributed by atoms with Crippen LogP contribution in [0.15, 0.2) is 42.5 Å². The zero-order chi connectivity index (χ0) is 30.1. The Morgan fingerprint density at radius 1 is 1.05 bits per heavy atom. The highest BCUT2D eigenvalue weighted by Gasteiger charge is 2.50. The van der Waals surface area contributed by atoms with Gasteiger partial charge >= 0.3 is 0 Å². The van der Waals surface area contributed by atoms with Gasteiger partial charge in [0.1, 0.15) is 23.9 Å². The second-order valence-corrected chi connectivity index (χ2v) is 12.8. The Morgan fingerprint density at radius 2 is 1.69 bits per heavy atom. The van der Waals surface area contributed by atoms with Gasteiger partial charge in [-0.25, -0.2) is 4.39 Å². The fourth-order valence-corrected chi connectivity index (χ4v) is 6.71. The maximum atomic E-state index is 16.1. The molecule has 0 spiro atoms. The van der Waals surface area contributed by atoms with Crippen molar-refractivity contribution in [1.82, 2.24) is 15.5 Å². The summed E-state index contributed by atoms with van der Waals surface area (Å²) >= 11 is 0. The van der Waals surface area contributed by atoms with Gasteiger partial charge in [-0.3, -0.25) is 14.4 Å². The SMILES string of the molecule is CC(C)C[C@@H]1C(=O)N[C@H](C2Cc3ccccc3C2)C(=O)N1[C@@H](C(=O)NC(C)C)c1ccc(N2CCC(O)CC2)cc1F. The first-order chi connectivity index (χ1) is 20.0. The topological polar surface area (TPSA) is 102 Å². The molecule has 1 aliphatic carbocycles. The number of fused-ring (bicyclic) bond motifs is 1. The summed E-state index contributed by atoms with van der Waals surface area (Å²) in [6.07, 6.45) is 2.48. The lowest BCUT2D eigenvalue weighted by Crippen LogP contribution is -2.67. The zero-order valence-corrected chi connectivity index (χ0v) is 25.0. The van der Waals surface area contributed by atoms with Crippen molar-refractivity contribution in [1.29, 1.82) is 0 Å². The monoisotopic (exact) mass is 578 g/mol. The van der Waals surface area contributed by atoms with Gasteiger partial charge in [-0.1, -0.05) is 44.2 Å². The minimum atomic E-state index is -1.31. The average molecular weight is 579 g/mol. The second kappa shape index (κ2) is 12.4. The molecule has 2 fully saturated rings. The highest BCUT2D eigenvalue weighted by Crippen LogP contribution is 2.37. The van der Waals surface area contributed by atoms with E-state index in [0.717, 1.165) is 11.1 Å². The Labute approximate surface area is 247 Å². The number of anilines is 1. The number of nitrogens with one attached hydrogen (secondary N) is 2. The third kappa shape index (κ3) is 6.16. The van der Waals surface area contributed by atoms with Gasteiger partial charge in [-0.15, -0.1) is 0 Å². The number of piperidine rings is 1. The van der Waals surface area contributed by atoms with Crippen LogP contribution in [0.5, 0.6) is 0 Å². The molecule has 0 unspecified atom stereocenters. The molecule has 8 nitrogen and oxygen atoms in total. The van der Waals surface area contributed by atoms with Crippen LogP contribution in [0.1, 0.15) is 69.7 Å². The Hall–Kier alpha value is -3.46. The third-order valence-electron chi connectivity index (χ3n) is 8.77. The molecule has 3 amide bonds. The van der Waals surface area contributed by atoms with Gasteiger partial charge in [0.25, 0.3) is 0 Å². The van der Waals surface area contributed by atoms with E-state index in [2.05, 4.69) is 10.6 Å². The van der Waals surface area contributed by atoms with Gasteiger partial charge in [-0.2, -0.15) is 0 Å². The van der Waals surface area contributed by atoms with Crippen LogP contribution in [0, 0.1) is 17.7 Å². The summed E-state index contributed by atoms with van der Waals surface area (Å²) in [5, 5.41) is 15.8. The molecule has 226 valence electrons. The van der Waals surface area contributed by atoms with E-state index in [1.54, 1.807) is 12.1 Å². The Kier molecular flexibility index (Phi) is 8.87. The first-order valence-corrected chi connectivity index (χ1v) is 15.3. The van der Waals surface area contributed by atoms with E-state index < -0.39 is 29.8 Å². The van der Waals surface area contributed by atoms with E-state index in [1.165, 1.54) is 11.0 Å². The lowest BCUT2D eigenvalue weighted by molar-refractivity contribution is -0.158. The largest absolute Gasteiger partial charge is 0.393 e. The Morgan fingerprint density at radius 3 is 2.26 bits per heavy atom. The quantitative estimate of drug-likeness (QED) is 0.445. The van der Waals surface area contributed by atoms with Crippen molar-refractivity contribution in [2.45, 2.75) is 90.1 Å². The Bertz CT molecular complexity index is 1300. The second-order valence-electron chi connectivity index (χ2n) is 12.8. The summed E-state index contributed by atoms with van der Waals surface area (Å²) in [6, 6.07) is 9.49. The highest BCUT2D eigenvalue weighted by molar-refractivity contribution is 6.00. The molecule has 0 radical (unpaired) electrons. The number of rotatable bonds is 8. The maximum absolute atomic E-state index is 16.1. The number of carbonyl (C=O) groups excluding carboxylic acids is 3. The smallest absolute Gasteiger partial charge is 0.247 e. The molecule has 2 aliphatic heterocycles. The van der Waals surface area contributed by atoms with Crippen LogP contribution >= 0.6 is 0 Å². The van der Waals surface area contributed by atoms with Crippen molar-refractivity contribution in [3.8, 4) is 0 Å². The molecule has 3 aliphatic rings. The van der Waals surface area contributed by atoms with Crippen molar-refractivity contribution in [2.24, 2.45) is 11.8 Å². The van der Waals surface area contributed by atoms with Crippen LogP contribution < -0.4 is 15.5 Å². The van der Waals surface area contributed by atoms with Gasteiger partial charge in [0.2, 0.25) is 17.7 Å². The van der Waals surface area contributed by atoms with Crippen molar-refractivity contribution in [2.75, 3.05) is 18.0 Å². The summed E-state index contributed by atoms with van der Waals surface area (Å²) in [6.45, 7) is 8.75. The third-order valence-corrected chi connectivity index (χ3v) is 8.77. The lowest BCUT2D eigenvalue weighted by Gasteiger charge is -2.45. The van der Waals surface area contributed by atoms with Gasteiger partial charge < -0.3 is 25.5 Å². The van der Waals surface area contributed by atoms with E-state index >= 15 is 4.39 Å². The first-order valence-electron chi connectivity index (χ1n) is 15.3. The molecule has 9 heteroatoms. The van der Waals surface area contributed by atoms with Crippen molar-refractivity contribution in [3.63, 3.8) is 0 Å². The van der Waals surface area contributed by atoms with Crippen LogP contribution in [0.4, 0.5) is 10.1 Å². The predicted octanol–water partition coefficient (Wildman–Crippen LogP) is 3.51. The number of aliphatic hydroxyl groups is 1. The van der Waals surface area contributed by atoms with Crippen molar-refractivity contribution < 1.29 is 23.9 Å². The molecular formula is C33H43FN4O4. The van der Waals surface area contributed by atoms with E-state index in [1.807, 2.05) is 56.9 Å². The van der Waals surface area contributed by atoms with E-state index in [0.29, 0.717) is 50.9 Å². The summed E-state index contributed by atoms with van der Waals surface area (Å²) in [5.41, 5.74) is 3.04. The van der Waals surface area contributed by atoms with E-state index in [4.69, 9.17) is 0 Å². The summed E-state index contributed by atoms with van der Waals surface area (Å²) in [4.78, 5) is 45.4. The number of aliphatic hydroxyl groups excluding tert-OH is 1. The number of piperazine rings is 1. The molecule has 3 atom stereocenters. The van der Waals surface area contributed by atoms with Crippen LogP contribution in [-0.2, 0) is 27.2 Å². The first kappa shape index (κ1) is 30.0. The molecule has 42 heavy (non-hydrogen) atoms. The number of carbonyl (C=O) groups is 3. The van der Waals surface area contributed by atoms with Gasteiger partial charge in [0.05, 0.1) is 6.10 Å². The number of amides is 3. The molecule has 2 saturated heterocycles. The van der Waals surface area contributed by atoms with Crippen LogP contribution in [-0.4, -0.2) is 65.0 Å². The molecule has 5 rings (SSSR count). The molecule has 2 aromatic rings. The van der Waals surface area contributed by atoms with Crippen LogP contribution in [0.2, 0.25) is 0 Å². The molecule has 3 N–H and O–H groups in total. The molecule has 0 aromatic heterocycles. The number of halogens is 1.